The van der Waals surface area contributed by atoms with Gasteiger partial charge in [0.05, 0.1) is 11.4 Å². The molecule has 4 heteroatoms. The normalized spacial score (nSPS) is 12.4. The third kappa shape index (κ3) is 2.96. The fraction of sp³-hybridized carbons (Fsp3) is 0.375. The van der Waals surface area contributed by atoms with Crippen LogP contribution in [0.25, 0.3) is 10.9 Å². The molecule has 1 atom stereocenters. The number of nitrogens with zero attached hydrogens (tertiary/aromatic N) is 2. The van der Waals surface area contributed by atoms with Gasteiger partial charge >= 0.3 is 0 Å². The second-order valence-corrected chi connectivity index (χ2v) is 5.31. The average Bonchev–Trinajstić information content (AvgIpc) is 2.43. The molecule has 1 unspecified atom stereocenters. The molecule has 20 heavy (non-hydrogen) atoms. The molecule has 1 heterocycles. The molecule has 1 aromatic heterocycles. The van der Waals surface area contributed by atoms with Crippen LogP contribution >= 0.6 is 0 Å². The summed E-state index contributed by atoms with van der Waals surface area (Å²) >= 11 is 0. The lowest BCUT2D eigenvalue weighted by Crippen LogP contribution is -2.35. The van der Waals surface area contributed by atoms with Crippen LogP contribution in [0, 0.1) is 12.8 Å². The molecular weight excluding hydrogens is 250 g/mol. The van der Waals surface area contributed by atoms with E-state index in [9.17, 15) is 4.79 Å². The van der Waals surface area contributed by atoms with Crippen LogP contribution in [-0.4, -0.2) is 36.4 Å². The summed E-state index contributed by atoms with van der Waals surface area (Å²) in [6.45, 7) is 2.33. The molecule has 0 radical (unpaired) electrons. The molecule has 106 valence electrons. The van der Waals surface area contributed by atoms with Crippen molar-refractivity contribution in [3.63, 3.8) is 0 Å². The summed E-state index contributed by atoms with van der Waals surface area (Å²) in [5.41, 5.74) is 8.85. The summed E-state index contributed by atoms with van der Waals surface area (Å²) in [4.78, 5) is 18.3. The number of hydrogen-bond donors (Lipinski definition) is 1. The smallest absolute Gasteiger partial charge is 0.226 e. The number of carbonyl (C=O) groups is 1. The molecule has 2 rings (SSSR count). The molecule has 0 spiro atoms. The Balaban J connectivity index is 2.39. The molecule has 0 saturated carbocycles. The van der Waals surface area contributed by atoms with Crippen LogP contribution in [0.2, 0.25) is 0 Å². The fourth-order valence-corrected chi connectivity index (χ4v) is 2.47. The van der Waals surface area contributed by atoms with E-state index in [1.54, 1.807) is 19.0 Å². The number of pyridine rings is 1. The minimum Gasteiger partial charge on any atom is -0.349 e. The summed E-state index contributed by atoms with van der Waals surface area (Å²) in [5.74, 6) is -0.110. The van der Waals surface area contributed by atoms with Crippen LogP contribution in [0.1, 0.15) is 11.3 Å². The molecule has 2 N–H and O–H groups in total. The Hall–Kier alpha value is -1.94. The van der Waals surface area contributed by atoms with E-state index in [4.69, 9.17) is 5.73 Å². The third-order valence-electron chi connectivity index (χ3n) is 3.47. The van der Waals surface area contributed by atoms with Crippen LogP contribution in [0.15, 0.2) is 30.3 Å². The van der Waals surface area contributed by atoms with E-state index in [-0.39, 0.29) is 11.8 Å². The highest BCUT2D eigenvalue weighted by atomic mass is 16.2. The van der Waals surface area contributed by atoms with Gasteiger partial charge in [-0.3, -0.25) is 9.78 Å². The van der Waals surface area contributed by atoms with Gasteiger partial charge in [0.15, 0.2) is 0 Å². The first-order valence-electron chi connectivity index (χ1n) is 6.79. The number of hydrogen-bond acceptors (Lipinski definition) is 3. The summed E-state index contributed by atoms with van der Waals surface area (Å²) in [5, 5.41) is 1.10. The Morgan fingerprint density at radius 3 is 2.70 bits per heavy atom. The third-order valence-corrected chi connectivity index (χ3v) is 3.47. The van der Waals surface area contributed by atoms with Gasteiger partial charge in [-0.1, -0.05) is 18.2 Å². The fourth-order valence-electron chi connectivity index (χ4n) is 2.47. The van der Waals surface area contributed by atoms with Crippen molar-refractivity contribution in [1.82, 2.24) is 9.88 Å². The number of aryl methyl sites for hydroxylation is 1. The van der Waals surface area contributed by atoms with Gasteiger partial charge in [0.2, 0.25) is 5.91 Å². The Morgan fingerprint density at radius 2 is 2.05 bits per heavy atom. The number of carbonyl (C=O) groups excluding carboxylic acids is 1. The zero-order valence-corrected chi connectivity index (χ0v) is 12.3. The van der Waals surface area contributed by atoms with Crippen molar-refractivity contribution in [1.29, 1.82) is 0 Å². The lowest BCUT2D eigenvalue weighted by atomic mass is 9.95. The van der Waals surface area contributed by atoms with Crippen LogP contribution in [-0.2, 0) is 11.2 Å². The topological polar surface area (TPSA) is 59.2 Å². The van der Waals surface area contributed by atoms with Gasteiger partial charge in [-0.25, -0.2) is 0 Å². The van der Waals surface area contributed by atoms with Crippen LogP contribution < -0.4 is 5.73 Å². The molecule has 0 aliphatic carbocycles. The molecule has 0 aliphatic heterocycles. The maximum absolute atomic E-state index is 12.1. The van der Waals surface area contributed by atoms with Crippen molar-refractivity contribution in [2.75, 3.05) is 20.6 Å². The van der Waals surface area contributed by atoms with Gasteiger partial charge in [-0.15, -0.1) is 0 Å². The average molecular weight is 271 g/mol. The second kappa shape index (κ2) is 6.01. The summed E-state index contributed by atoms with van der Waals surface area (Å²) in [6, 6.07) is 10.1. The minimum atomic E-state index is -0.185. The molecular formula is C16H21N3O. The number of aromatic nitrogens is 1. The first-order chi connectivity index (χ1) is 9.52. The zero-order chi connectivity index (χ0) is 14.7. The highest BCUT2D eigenvalue weighted by molar-refractivity contribution is 5.84. The van der Waals surface area contributed by atoms with Crippen molar-refractivity contribution in [2.24, 2.45) is 11.7 Å². The van der Waals surface area contributed by atoms with Gasteiger partial charge in [0, 0.05) is 31.7 Å². The Kier molecular flexibility index (Phi) is 4.35. The molecule has 1 amide bonds. The van der Waals surface area contributed by atoms with Gasteiger partial charge in [0.25, 0.3) is 0 Å². The Labute approximate surface area is 119 Å². The van der Waals surface area contributed by atoms with E-state index in [0.29, 0.717) is 13.0 Å². The van der Waals surface area contributed by atoms with Crippen molar-refractivity contribution in [2.45, 2.75) is 13.3 Å². The van der Waals surface area contributed by atoms with Crippen molar-refractivity contribution in [3.05, 3.63) is 41.6 Å². The van der Waals surface area contributed by atoms with E-state index in [0.717, 1.165) is 22.2 Å². The van der Waals surface area contributed by atoms with Gasteiger partial charge in [-0.2, -0.15) is 0 Å². The molecule has 2 aromatic rings. The highest BCUT2D eigenvalue weighted by Gasteiger charge is 2.20. The van der Waals surface area contributed by atoms with Crippen LogP contribution in [0.5, 0.6) is 0 Å². The highest BCUT2D eigenvalue weighted by Crippen LogP contribution is 2.21. The standard InChI is InChI=1S/C16H21N3O/c1-11-8-12(9-13(10-17)16(20)19(2)3)14-6-4-5-7-15(14)18-11/h4-8,13H,9-10,17H2,1-3H3. The van der Waals surface area contributed by atoms with E-state index in [2.05, 4.69) is 4.98 Å². The molecule has 0 bridgehead atoms. The van der Waals surface area contributed by atoms with Crippen molar-refractivity contribution >= 4 is 16.8 Å². The lowest BCUT2D eigenvalue weighted by Gasteiger charge is -2.20. The lowest BCUT2D eigenvalue weighted by molar-refractivity contribution is -0.132. The Bertz CT molecular complexity index is 622. The SMILES string of the molecule is Cc1cc(CC(CN)C(=O)N(C)C)c2ccccc2n1. The number of nitrogens with two attached hydrogens (primary N) is 1. The van der Waals surface area contributed by atoms with E-state index < -0.39 is 0 Å². The van der Waals surface area contributed by atoms with Crippen molar-refractivity contribution in [3.8, 4) is 0 Å². The van der Waals surface area contributed by atoms with Gasteiger partial charge < -0.3 is 10.6 Å². The van der Waals surface area contributed by atoms with Gasteiger partial charge in [0.1, 0.15) is 0 Å². The molecule has 4 nitrogen and oxygen atoms in total. The molecule has 0 aliphatic rings. The maximum atomic E-state index is 12.1. The summed E-state index contributed by atoms with van der Waals surface area (Å²) in [7, 11) is 3.53. The Morgan fingerprint density at radius 1 is 1.35 bits per heavy atom. The predicted molar refractivity (Wildman–Crippen MR) is 81.4 cm³/mol. The monoisotopic (exact) mass is 271 g/mol. The maximum Gasteiger partial charge on any atom is 0.226 e. The van der Waals surface area contributed by atoms with Crippen LogP contribution in [0.4, 0.5) is 0 Å². The summed E-state index contributed by atoms with van der Waals surface area (Å²) in [6.07, 6.45) is 0.650. The van der Waals surface area contributed by atoms with Crippen molar-refractivity contribution < 1.29 is 4.79 Å². The first kappa shape index (κ1) is 14.5. The minimum absolute atomic E-state index is 0.0750. The number of fused-ring (bicyclic) bond motifs is 1. The molecule has 0 fully saturated rings. The number of amides is 1. The first-order valence-corrected chi connectivity index (χ1v) is 6.79. The quantitative estimate of drug-likeness (QED) is 0.921. The van der Waals surface area contributed by atoms with Gasteiger partial charge in [-0.05, 0) is 31.0 Å². The van der Waals surface area contributed by atoms with E-state index in [1.165, 1.54) is 0 Å². The predicted octanol–water partition coefficient (Wildman–Crippen LogP) is 1.75. The second-order valence-electron chi connectivity index (χ2n) is 5.31. The van der Waals surface area contributed by atoms with E-state index in [1.807, 2.05) is 37.3 Å². The number of benzene rings is 1. The zero-order valence-electron chi connectivity index (χ0n) is 12.3. The van der Waals surface area contributed by atoms with Crippen LogP contribution in [0.3, 0.4) is 0 Å². The molecule has 0 saturated heterocycles. The number of rotatable bonds is 4. The number of para-hydroxylation sites is 1. The summed E-state index contributed by atoms with van der Waals surface area (Å²) < 4.78 is 0. The largest absolute Gasteiger partial charge is 0.349 e. The molecule has 1 aromatic carbocycles. The van der Waals surface area contributed by atoms with E-state index >= 15 is 0 Å².